The van der Waals surface area contributed by atoms with Crippen molar-refractivity contribution < 1.29 is 14.3 Å². The second-order valence-electron chi connectivity index (χ2n) is 5.64. The van der Waals surface area contributed by atoms with Crippen LogP contribution in [-0.4, -0.2) is 15.9 Å². The Balaban J connectivity index is 1.94. The highest BCUT2D eigenvalue weighted by molar-refractivity contribution is 9.10. The van der Waals surface area contributed by atoms with Crippen LogP contribution in [0.1, 0.15) is 15.9 Å². The summed E-state index contributed by atoms with van der Waals surface area (Å²) in [6.45, 7) is 0. The predicted octanol–water partition coefficient (Wildman–Crippen LogP) is 4.69. The summed E-state index contributed by atoms with van der Waals surface area (Å²) < 4.78 is 5.94. The van der Waals surface area contributed by atoms with Crippen LogP contribution >= 0.6 is 27.5 Å². The van der Waals surface area contributed by atoms with Gasteiger partial charge in [0.1, 0.15) is 11.3 Å². The second-order valence-corrected chi connectivity index (χ2v) is 6.99. The Morgan fingerprint density at radius 1 is 1.12 bits per heavy atom. The molecule has 2 heterocycles. The summed E-state index contributed by atoms with van der Waals surface area (Å²) in [6, 6.07) is 10.8. The molecule has 0 saturated heterocycles. The van der Waals surface area contributed by atoms with Gasteiger partial charge in [-0.15, -0.1) is 0 Å². The Morgan fingerprint density at radius 3 is 2.73 bits per heavy atom. The number of halogens is 2. The predicted molar refractivity (Wildman–Crippen MR) is 102 cm³/mol. The molecule has 128 valence electrons. The Morgan fingerprint density at radius 2 is 1.92 bits per heavy atom. The molecule has 2 aromatic heterocycles. The second kappa shape index (κ2) is 6.23. The Hall–Kier alpha value is -2.70. The van der Waals surface area contributed by atoms with E-state index in [1.54, 1.807) is 24.3 Å². The molecule has 0 fully saturated rings. The van der Waals surface area contributed by atoms with E-state index in [0.717, 1.165) is 0 Å². The summed E-state index contributed by atoms with van der Waals surface area (Å²) in [6.07, 6.45) is 1.37. The monoisotopic (exact) mass is 429 g/mol. The molecular weight excluding hydrogens is 422 g/mol. The molecule has 0 spiro atoms. The number of phenolic OH excluding ortho intramolecular Hbond substituents is 1. The van der Waals surface area contributed by atoms with Crippen molar-refractivity contribution in [1.82, 2.24) is 4.98 Å². The van der Waals surface area contributed by atoms with E-state index in [1.165, 1.54) is 24.4 Å². The third-order valence-electron chi connectivity index (χ3n) is 3.97. The molecule has 0 aliphatic carbocycles. The lowest BCUT2D eigenvalue weighted by molar-refractivity contribution is 0.103. The largest absolute Gasteiger partial charge is 0.507 e. The van der Waals surface area contributed by atoms with Gasteiger partial charge in [-0.1, -0.05) is 27.5 Å². The lowest BCUT2D eigenvalue weighted by Crippen LogP contribution is -2.06. The van der Waals surface area contributed by atoms with Gasteiger partial charge in [-0.05, 0) is 42.5 Å². The summed E-state index contributed by atoms with van der Waals surface area (Å²) >= 11 is 9.28. The number of rotatable bonds is 2. The van der Waals surface area contributed by atoms with Crippen LogP contribution in [0.5, 0.6) is 5.75 Å². The molecule has 0 atom stereocenters. The molecule has 0 aliphatic rings. The first kappa shape index (κ1) is 16.8. The maximum atomic E-state index is 12.7. The number of hydrogen-bond donors (Lipinski definition) is 1. The van der Waals surface area contributed by atoms with Crippen LogP contribution < -0.4 is 5.63 Å². The Labute approximate surface area is 160 Å². The molecule has 1 N–H and O–H groups in total. The highest BCUT2D eigenvalue weighted by atomic mass is 79.9. The molecule has 4 rings (SSSR count). The zero-order chi connectivity index (χ0) is 18.4. The third kappa shape index (κ3) is 2.77. The fraction of sp³-hybridized carbons (Fsp3) is 0. The third-order valence-corrected chi connectivity index (χ3v) is 4.70. The normalized spacial score (nSPS) is 11.2. The molecule has 0 amide bonds. The molecule has 7 heteroatoms. The van der Waals surface area contributed by atoms with Gasteiger partial charge in [0, 0.05) is 26.6 Å². The minimum absolute atomic E-state index is 0.105. The molecule has 0 bridgehead atoms. The quantitative estimate of drug-likeness (QED) is 0.283. The highest BCUT2D eigenvalue weighted by Crippen LogP contribution is 2.27. The first-order chi connectivity index (χ1) is 12.4. The molecular formula is C19H9BrClNO4. The van der Waals surface area contributed by atoms with Crippen molar-refractivity contribution in [2.45, 2.75) is 0 Å². The van der Waals surface area contributed by atoms with Crippen molar-refractivity contribution in [1.29, 1.82) is 0 Å². The lowest BCUT2D eigenvalue weighted by atomic mass is 10.0. The molecule has 5 nitrogen and oxygen atoms in total. The van der Waals surface area contributed by atoms with Gasteiger partial charge in [0.05, 0.1) is 16.5 Å². The minimum atomic E-state index is -0.601. The van der Waals surface area contributed by atoms with E-state index >= 15 is 0 Å². The van der Waals surface area contributed by atoms with E-state index in [1.807, 2.05) is 0 Å². The van der Waals surface area contributed by atoms with Crippen LogP contribution in [0.15, 0.2) is 62.3 Å². The standard InChI is InChI=1S/C19H9BrClNO4/c20-10-1-3-15(23)12(6-10)18(24)9-5-14-17(22-8-9)13-7-11(21)2-4-16(13)26-19(14)25/h1-8,23H. The van der Waals surface area contributed by atoms with Gasteiger partial charge in [0.15, 0.2) is 5.78 Å². The van der Waals surface area contributed by atoms with Crippen molar-refractivity contribution in [3.05, 3.63) is 79.7 Å². The average molecular weight is 431 g/mol. The fourth-order valence-electron chi connectivity index (χ4n) is 2.74. The molecule has 0 aliphatic heterocycles. The Bertz CT molecular complexity index is 1270. The van der Waals surface area contributed by atoms with Crippen molar-refractivity contribution in [3.63, 3.8) is 0 Å². The number of benzene rings is 2. The van der Waals surface area contributed by atoms with E-state index in [-0.39, 0.29) is 22.3 Å². The summed E-state index contributed by atoms with van der Waals surface area (Å²) in [7, 11) is 0. The van der Waals surface area contributed by atoms with Crippen molar-refractivity contribution >= 4 is 55.2 Å². The van der Waals surface area contributed by atoms with Gasteiger partial charge in [0.2, 0.25) is 0 Å². The van der Waals surface area contributed by atoms with E-state index in [2.05, 4.69) is 20.9 Å². The number of ketones is 1. The summed E-state index contributed by atoms with van der Waals surface area (Å²) in [5.74, 6) is -0.612. The lowest BCUT2D eigenvalue weighted by Gasteiger charge is -2.07. The smallest absolute Gasteiger partial charge is 0.345 e. The van der Waals surface area contributed by atoms with Crippen molar-refractivity contribution in [3.8, 4) is 5.75 Å². The number of fused-ring (bicyclic) bond motifs is 3. The molecule has 0 saturated carbocycles. The number of hydrogen-bond acceptors (Lipinski definition) is 5. The SMILES string of the molecule is O=C(c1cnc2c(c1)c(=O)oc1ccc(Cl)cc12)c1cc(Br)ccc1O. The first-order valence-corrected chi connectivity index (χ1v) is 8.66. The van der Waals surface area contributed by atoms with E-state index in [9.17, 15) is 14.7 Å². The van der Waals surface area contributed by atoms with Gasteiger partial charge >= 0.3 is 5.63 Å². The summed E-state index contributed by atoms with van der Waals surface area (Å²) in [5.41, 5.74) is 0.431. The van der Waals surface area contributed by atoms with Crippen molar-refractivity contribution in [2.24, 2.45) is 0 Å². The Kier molecular flexibility index (Phi) is 4.01. The number of phenols is 1. The molecule has 0 unspecified atom stereocenters. The molecule has 26 heavy (non-hydrogen) atoms. The number of carbonyl (C=O) groups excluding carboxylic acids is 1. The van der Waals surface area contributed by atoms with Crippen LogP contribution in [0.4, 0.5) is 0 Å². The van der Waals surface area contributed by atoms with E-state index in [4.69, 9.17) is 16.0 Å². The van der Waals surface area contributed by atoms with Crippen LogP contribution in [0.2, 0.25) is 5.02 Å². The topological polar surface area (TPSA) is 80.4 Å². The first-order valence-electron chi connectivity index (χ1n) is 7.49. The van der Waals surface area contributed by atoms with Crippen LogP contribution in [-0.2, 0) is 0 Å². The fourth-order valence-corrected chi connectivity index (χ4v) is 3.27. The van der Waals surface area contributed by atoms with E-state index in [0.29, 0.717) is 26.0 Å². The average Bonchev–Trinajstić information content (AvgIpc) is 2.63. The maximum absolute atomic E-state index is 12.7. The zero-order valence-corrected chi connectivity index (χ0v) is 15.3. The van der Waals surface area contributed by atoms with Crippen LogP contribution in [0, 0.1) is 0 Å². The van der Waals surface area contributed by atoms with E-state index < -0.39 is 11.4 Å². The molecule has 2 aromatic carbocycles. The molecule has 4 aromatic rings. The van der Waals surface area contributed by atoms with Crippen LogP contribution in [0.25, 0.3) is 21.9 Å². The summed E-state index contributed by atoms with van der Waals surface area (Å²) in [5, 5.41) is 11.2. The molecule has 0 radical (unpaired) electrons. The maximum Gasteiger partial charge on any atom is 0.345 e. The van der Waals surface area contributed by atoms with Gasteiger partial charge in [0.25, 0.3) is 0 Å². The number of aromatic hydroxyl groups is 1. The van der Waals surface area contributed by atoms with Gasteiger partial charge in [-0.2, -0.15) is 0 Å². The number of aromatic nitrogens is 1. The number of nitrogens with zero attached hydrogens (tertiary/aromatic N) is 1. The number of pyridine rings is 1. The summed E-state index contributed by atoms with van der Waals surface area (Å²) in [4.78, 5) is 29.3. The minimum Gasteiger partial charge on any atom is -0.507 e. The van der Waals surface area contributed by atoms with Crippen LogP contribution in [0.3, 0.4) is 0 Å². The highest BCUT2D eigenvalue weighted by Gasteiger charge is 2.17. The van der Waals surface area contributed by atoms with Crippen molar-refractivity contribution in [2.75, 3.05) is 0 Å². The number of carbonyl (C=O) groups is 1. The van der Waals surface area contributed by atoms with Gasteiger partial charge < -0.3 is 9.52 Å². The van der Waals surface area contributed by atoms with Gasteiger partial charge in [-0.3, -0.25) is 9.78 Å². The van der Waals surface area contributed by atoms with Gasteiger partial charge in [-0.25, -0.2) is 4.79 Å². The zero-order valence-electron chi connectivity index (χ0n) is 13.0.